The topological polar surface area (TPSA) is 72.9 Å². The van der Waals surface area contributed by atoms with Crippen molar-refractivity contribution in [1.82, 2.24) is 0 Å². The first-order valence-electron chi connectivity index (χ1n) is 11.5. The molecule has 1 aliphatic carbocycles. The number of benzene rings is 2. The zero-order valence-corrected chi connectivity index (χ0v) is 19.8. The van der Waals surface area contributed by atoms with Crippen LogP contribution in [-0.4, -0.2) is 38.2 Å². The van der Waals surface area contributed by atoms with Crippen LogP contribution in [0.5, 0.6) is 0 Å². The minimum Gasteiger partial charge on any atom is -0.489 e. The van der Waals surface area contributed by atoms with E-state index in [2.05, 4.69) is 6.07 Å². The third-order valence-corrected chi connectivity index (χ3v) is 6.54. The van der Waals surface area contributed by atoms with Crippen LogP contribution in [0.2, 0.25) is 0 Å². The first-order valence-corrected chi connectivity index (χ1v) is 11.5. The molecule has 34 heavy (non-hydrogen) atoms. The number of allylic oxidation sites excluding steroid dienone is 2. The first kappa shape index (κ1) is 23.5. The summed E-state index contributed by atoms with van der Waals surface area (Å²) >= 11 is 0. The van der Waals surface area contributed by atoms with E-state index in [1.165, 1.54) is 19.8 Å². The van der Waals surface area contributed by atoms with Crippen molar-refractivity contribution in [1.29, 1.82) is 0 Å². The summed E-state index contributed by atoms with van der Waals surface area (Å²) in [6.07, 6.45) is 3.40. The van der Waals surface area contributed by atoms with Crippen LogP contribution < -0.4 is 4.90 Å². The molecule has 0 bridgehead atoms. The summed E-state index contributed by atoms with van der Waals surface area (Å²) in [5.74, 6) is -0.625. The molecule has 4 rings (SSSR count). The maximum Gasteiger partial charge on any atom is 0.228 e. The number of fused-ring (bicyclic) bond motifs is 1. The van der Waals surface area contributed by atoms with Crippen molar-refractivity contribution in [2.24, 2.45) is 0 Å². The number of hydrogen-bond acceptors (Lipinski definition) is 5. The maximum atomic E-state index is 12.9. The highest BCUT2D eigenvalue weighted by Gasteiger charge is 2.34. The third kappa shape index (κ3) is 4.53. The molecule has 0 unspecified atom stereocenters. The molecule has 2 aromatic rings. The van der Waals surface area contributed by atoms with Crippen molar-refractivity contribution in [2.45, 2.75) is 39.0 Å². The molecule has 6 nitrogen and oxygen atoms in total. The Kier molecular flexibility index (Phi) is 6.96. The fraction of sp³-hybridized carbons (Fsp3) is 0.321. The third-order valence-electron chi connectivity index (χ3n) is 6.54. The number of nitrogens with zero attached hydrogens (tertiary/aromatic N) is 1. The molecular formula is C28H29NO5. The number of ether oxygens (including phenoxy) is 2. The Balaban J connectivity index is 1.41. The van der Waals surface area contributed by atoms with Crippen LogP contribution >= 0.6 is 0 Å². The van der Waals surface area contributed by atoms with Gasteiger partial charge < -0.3 is 14.4 Å². The minimum absolute atomic E-state index is 0.0508. The molecule has 0 aromatic heterocycles. The highest BCUT2D eigenvalue weighted by Crippen LogP contribution is 2.29. The molecule has 1 amide bonds. The molecule has 2 aromatic carbocycles. The molecule has 0 saturated heterocycles. The van der Waals surface area contributed by atoms with Gasteiger partial charge in [0.15, 0.2) is 0 Å². The van der Waals surface area contributed by atoms with Crippen LogP contribution in [0.15, 0.2) is 71.2 Å². The van der Waals surface area contributed by atoms with Gasteiger partial charge >= 0.3 is 0 Å². The molecular weight excluding hydrogens is 430 g/mol. The number of rotatable bonds is 7. The number of hydrogen-bond donors (Lipinski definition) is 0. The molecule has 176 valence electrons. The molecule has 0 atom stereocenters. The van der Waals surface area contributed by atoms with Gasteiger partial charge in [0.2, 0.25) is 29.0 Å². The van der Waals surface area contributed by atoms with Gasteiger partial charge in [0, 0.05) is 36.2 Å². The van der Waals surface area contributed by atoms with Crippen LogP contribution in [0.1, 0.15) is 36.5 Å². The van der Waals surface area contributed by atoms with Crippen LogP contribution in [0.4, 0.5) is 5.69 Å². The van der Waals surface area contributed by atoms with Gasteiger partial charge in [0.05, 0.1) is 14.2 Å². The number of methoxy groups -OCH3 is 2. The predicted octanol–water partition coefficient (Wildman–Crippen LogP) is 4.11. The van der Waals surface area contributed by atoms with Gasteiger partial charge in [-0.1, -0.05) is 42.5 Å². The number of aryl methyl sites for hydroxylation is 2. The van der Waals surface area contributed by atoms with E-state index in [-0.39, 0.29) is 29.0 Å². The largest absolute Gasteiger partial charge is 0.489 e. The second kappa shape index (κ2) is 10.1. The predicted molar refractivity (Wildman–Crippen MR) is 129 cm³/mol. The monoisotopic (exact) mass is 459 g/mol. The van der Waals surface area contributed by atoms with Crippen molar-refractivity contribution in [3.8, 4) is 0 Å². The summed E-state index contributed by atoms with van der Waals surface area (Å²) in [7, 11) is 2.71. The molecule has 0 N–H and O–H groups in total. The lowest BCUT2D eigenvalue weighted by atomic mass is 9.88. The van der Waals surface area contributed by atoms with E-state index in [0.29, 0.717) is 30.4 Å². The van der Waals surface area contributed by atoms with E-state index in [1.54, 1.807) is 6.92 Å². The molecule has 0 saturated carbocycles. The standard InChI is InChI=1S/C28H29NO5/c1-18-22(26(32)28(34-3)27(33-2)25(18)31)17-20-12-10-19(11-13-20)14-15-24(30)29-16-6-8-21-7-4-5-9-23(21)29/h4-5,7,9-13H,6,8,14-17H2,1-3H3. The summed E-state index contributed by atoms with van der Waals surface area (Å²) in [4.78, 5) is 40.2. The highest BCUT2D eigenvalue weighted by atomic mass is 16.5. The Morgan fingerprint density at radius 3 is 2.26 bits per heavy atom. The van der Waals surface area contributed by atoms with E-state index >= 15 is 0 Å². The Hall–Kier alpha value is -3.67. The average molecular weight is 460 g/mol. The fourth-order valence-electron chi connectivity index (χ4n) is 4.61. The van der Waals surface area contributed by atoms with Crippen molar-refractivity contribution >= 4 is 23.2 Å². The number of para-hydroxylation sites is 1. The highest BCUT2D eigenvalue weighted by molar-refractivity contribution is 6.23. The second-order valence-corrected chi connectivity index (χ2v) is 8.60. The van der Waals surface area contributed by atoms with Crippen LogP contribution in [-0.2, 0) is 43.1 Å². The molecule has 2 aliphatic rings. The van der Waals surface area contributed by atoms with E-state index in [1.807, 2.05) is 47.4 Å². The normalized spacial score (nSPS) is 16.0. The SMILES string of the molecule is COC1=C(OC)C(=O)C(Cc2ccc(CCC(=O)N3CCCc4ccccc43)cc2)=C(C)C1=O. The zero-order chi connectivity index (χ0) is 24.2. The van der Waals surface area contributed by atoms with Crippen LogP contribution in [0.25, 0.3) is 0 Å². The van der Waals surface area contributed by atoms with Gasteiger partial charge in [-0.15, -0.1) is 0 Å². The van der Waals surface area contributed by atoms with Crippen molar-refractivity contribution < 1.29 is 23.9 Å². The lowest BCUT2D eigenvalue weighted by Crippen LogP contribution is -2.35. The fourth-order valence-corrected chi connectivity index (χ4v) is 4.61. The molecule has 0 radical (unpaired) electrons. The summed E-state index contributed by atoms with van der Waals surface area (Å²) in [6, 6.07) is 16.0. The second-order valence-electron chi connectivity index (χ2n) is 8.60. The number of carbonyl (C=O) groups is 3. The Morgan fingerprint density at radius 1 is 0.912 bits per heavy atom. The zero-order valence-electron chi connectivity index (χ0n) is 19.8. The van der Waals surface area contributed by atoms with Gasteiger partial charge in [-0.2, -0.15) is 0 Å². The lowest BCUT2D eigenvalue weighted by molar-refractivity contribution is -0.121. The van der Waals surface area contributed by atoms with Gasteiger partial charge in [-0.25, -0.2) is 0 Å². The number of anilines is 1. The molecule has 0 fully saturated rings. The summed E-state index contributed by atoms with van der Waals surface area (Å²) in [5.41, 5.74) is 5.01. The van der Waals surface area contributed by atoms with Gasteiger partial charge in [-0.05, 0) is 48.9 Å². The first-order chi connectivity index (χ1) is 16.4. The van der Waals surface area contributed by atoms with Gasteiger partial charge in [-0.3, -0.25) is 14.4 Å². The smallest absolute Gasteiger partial charge is 0.228 e. The number of Topliss-reactive ketones (excluding diaryl/α,β-unsaturated/α-hetero) is 2. The van der Waals surface area contributed by atoms with Crippen LogP contribution in [0.3, 0.4) is 0 Å². The van der Waals surface area contributed by atoms with Crippen molar-refractivity contribution in [3.63, 3.8) is 0 Å². The summed E-state index contributed by atoms with van der Waals surface area (Å²) in [6.45, 7) is 2.40. The lowest BCUT2D eigenvalue weighted by Gasteiger charge is -2.29. The van der Waals surface area contributed by atoms with Gasteiger partial charge in [0.1, 0.15) is 0 Å². The Morgan fingerprint density at radius 2 is 1.56 bits per heavy atom. The Bertz CT molecular complexity index is 1190. The number of carbonyl (C=O) groups excluding carboxylic acids is 3. The molecule has 1 heterocycles. The number of amides is 1. The number of ketones is 2. The van der Waals surface area contributed by atoms with Crippen molar-refractivity contribution in [3.05, 3.63) is 87.9 Å². The summed E-state index contributed by atoms with van der Waals surface area (Å²) < 4.78 is 10.2. The summed E-state index contributed by atoms with van der Waals surface area (Å²) in [5, 5.41) is 0. The maximum absolute atomic E-state index is 12.9. The van der Waals surface area contributed by atoms with Crippen molar-refractivity contribution in [2.75, 3.05) is 25.7 Å². The average Bonchev–Trinajstić information content (AvgIpc) is 2.87. The molecule has 1 aliphatic heterocycles. The van der Waals surface area contributed by atoms with Crippen LogP contribution in [0, 0.1) is 0 Å². The Labute approximate surface area is 199 Å². The quantitative estimate of drug-likeness (QED) is 0.583. The molecule has 0 spiro atoms. The minimum atomic E-state index is -0.330. The van der Waals surface area contributed by atoms with E-state index in [4.69, 9.17) is 9.47 Å². The van der Waals surface area contributed by atoms with Gasteiger partial charge in [0.25, 0.3) is 0 Å². The molecule has 6 heteroatoms. The van der Waals surface area contributed by atoms with E-state index in [0.717, 1.165) is 36.2 Å². The van der Waals surface area contributed by atoms with E-state index < -0.39 is 0 Å². The van der Waals surface area contributed by atoms with E-state index in [9.17, 15) is 14.4 Å².